The summed E-state index contributed by atoms with van der Waals surface area (Å²) in [6.07, 6.45) is 6.77. The number of pyridine rings is 2. The predicted octanol–water partition coefficient (Wildman–Crippen LogP) is 2.15. The predicted molar refractivity (Wildman–Crippen MR) is 82.3 cm³/mol. The normalized spacial score (nSPS) is 10.9. The maximum Gasteiger partial charge on any atom is 0.273 e. The summed E-state index contributed by atoms with van der Waals surface area (Å²) < 4.78 is 1.43. The van der Waals surface area contributed by atoms with Gasteiger partial charge in [-0.05, 0) is 24.3 Å². The maximum atomic E-state index is 12.3. The molecule has 0 aliphatic heterocycles. The lowest BCUT2D eigenvalue weighted by Gasteiger charge is -2.00. The molecule has 0 fully saturated rings. The van der Waals surface area contributed by atoms with Crippen molar-refractivity contribution in [3.63, 3.8) is 0 Å². The number of rotatable bonds is 2. The minimum absolute atomic E-state index is 0.155. The van der Waals surface area contributed by atoms with Crippen molar-refractivity contribution in [3.8, 4) is 22.5 Å². The molecule has 4 aromatic rings. The molecular weight excluding hydrogens is 278 g/mol. The molecule has 0 bridgehead atoms. The fourth-order valence-corrected chi connectivity index (χ4v) is 2.34. The molecule has 0 aromatic carbocycles. The second kappa shape index (κ2) is 4.92. The molecule has 6 nitrogen and oxygen atoms in total. The van der Waals surface area contributed by atoms with Gasteiger partial charge < -0.3 is 0 Å². The minimum Gasteiger partial charge on any atom is -0.289 e. The summed E-state index contributed by atoms with van der Waals surface area (Å²) in [5.41, 5.74) is 3.68. The molecule has 6 heteroatoms. The molecule has 4 rings (SSSR count). The van der Waals surface area contributed by atoms with Crippen molar-refractivity contribution >= 4 is 5.65 Å². The van der Waals surface area contributed by atoms with E-state index in [0.29, 0.717) is 11.3 Å². The molecule has 22 heavy (non-hydrogen) atoms. The Hall–Kier alpha value is -3.28. The molecule has 0 amide bonds. The number of nitrogens with one attached hydrogen (secondary N) is 1. The van der Waals surface area contributed by atoms with E-state index in [9.17, 15) is 4.79 Å². The Bertz CT molecular complexity index is 989. The Balaban J connectivity index is 1.91. The van der Waals surface area contributed by atoms with Gasteiger partial charge in [0, 0.05) is 48.0 Å². The van der Waals surface area contributed by atoms with Gasteiger partial charge in [0.2, 0.25) is 0 Å². The molecule has 0 radical (unpaired) electrons. The first-order valence-corrected chi connectivity index (χ1v) is 6.75. The number of aromatic nitrogens is 5. The van der Waals surface area contributed by atoms with Gasteiger partial charge in [0.05, 0.1) is 11.4 Å². The van der Waals surface area contributed by atoms with E-state index in [1.807, 2.05) is 30.3 Å². The van der Waals surface area contributed by atoms with Gasteiger partial charge >= 0.3 is 0 Å². The second-order valence-electron chi connectivity index (χ2n) is 4.81. The summed E-state index contributed by atoms with van der Waals surface area (Å²) >= 11 is 0. The van der Waals surface area contributed by atoms with Crippen molar-refractivity contribution in [1.29, 1.82) is 0 Å². The third-order valence-corrected chi connectivity index (χ3v) is 3.42. The first kappa shape index (κ1) is 12.5. The molecule has 4 heterocycles. The molecule has 0 saturated carbocycles. The monoisotopic (exact) mass is 289 g/mol. The van der Waals surface area contributed by atoms with Crippen LogP contribution in [0.25, 0.3) is 28.2 Å². The molecular formula is C16H11N5O. The second-order valence-corrected chi connectivity index (χ2v) is 4.81. The van der Waals surface area contributed by atoms with Crippen LogP contribution in [0, 0.1) is 0 Å². The fourth-order valence-electron chi connectivity index (χ4n) is 2.34. The van der Waals surface area contributed by atoms with E-state index in [1.165, 1.54) is 10.6 Å². The summed E-state index contributed by atoms with van der Waals surface area (Å²) in [5, 5.41) is 3.06. The van der Waals surface area contributed by atoms with E-state index in [2.05, 4.69) is 20.1 Å². The third kappa shape index (κ3) is 2.07. The van der Waals surface area contributed by atoms with Crippen molar-refractivity contribution in [1.82, 2.24) is 24.6 Å². The Kier molecular flexibility index (Phi) is 2.79. The summed E-state index contributed by atoms with van der Waals surface area (Å²) in [7, 11) is 0. The van der Waals surface area contributed by atoms with Gasteiger partial charge in [0.1, 0.15) is 0 Å². The van der Waals surface area contributed by atoms with Crippen molar-refractivity contribution in [3.05, 3.63) is 71.5 Å². The summed E-state index contributed by atoms with van der Waals surface area (Å²) in [6.45, 7) is 0. The molecule has 0 spiro atoms. The van der Waals surface area contributed by atoms with Gasteiger partial charge in [0.15, 0.2) is 5.65 Å². The zero-order valence-electron chi connectivity index (χ0n) is 11.5. The molecule has 1 N–H and O–H groups in total. The van der Waals surface area contributed by atoms with Crippen molar-refractivity contribution < 1.29 is 0 Å². The van der Waals surface area contributed by atoms with Gasteiger partial charge in [-0.1, -0.05) is 0 Å². The lowest BCUT2D eigenvalue weighted by molar-refractivity contribution is 0.904. The zero-order valence-corrected chi connectivity index (χ0v) is 11.5. The Labute approximate surface area is 125 Å². The molecule has 4 aromatic heterocycles. The van der Waals surface area contributed by atoms with E-state index in [-0.39, 0.29) is 5.56 Å². The lowest BCUT2D eigenvalue weighted by Crippen LogP contribution is -2.14. The SMILES string of the molecule is O=c1cc(-c2ccncc2)nc2cc(-c3ccncc3)[nH]n12. The van der Waals surface area contributed by atoms with Gasteiger partial charge in [-0.2, -0.15) is 0 Å². The number of hydrogen-bond acceptors (Lipinski definition) is 4. The van der Waals surface area contributed by atoms with E-state index in [4.69, 9.17) is 0 Å². The molecule has 0 atom stereocenters. The number of hydrogen-bond donors (Lipinski definition) is 1. The van der Waals surface area contributed by atoms with Gasteiger partial charge in [-0.25, -0.2) is 9.50 Å². The van der Waals surface area contributed by atoms with Crippen molar-refractivity contribution in [2.45, 2.75) is 0 Å². The standard InChI is InChI=1S/C16H11N5O/c22-16-10-13(11-1-5-17-6-2-11)19-15-9-14(20-21(15)16)12-3-7-18-8-4-12/h1-10,20H. The number of fused-ring (bicyclic) bond motifs is 1. The van der Waals surface area contributed by atoms with Crippen LogP contribution in [-0.4, -0.2) is 24.6 Å². The van der Waals surface area contributed by atoms with E-state index in [1.54, 1.807) is 24.8 Å². The number of H-pyrrole nitrogens is 1. The summed E-state index contributed by atoms with van der Waals surface area (Å²) in [6, 6.07) is 10.8. The maximum absolute atomic E-state index is 12.3. The highest BCUT2D eigenvalue weighted by Crippen LogP contribution is 2.19. The van der Waals surface area contributed by atoms with E-state index >= 15 is 0 Å². The lowest BCUT2D eigenvalue weighted by atomic mass is 10.2. The molecule has 106 valence electrons. The van der Waals surface area contributed by atoms with Crippen molar-refractivity contribution in [2.24, 2.45) is 0 Å². The van der Waals surface area contributed by atoms with Crippen LogP contribution >= 0.6 is 0 Å². The Morgan fingerprint density at radius 1 is 0.864 bits per heavy atom. The molecule has 0 saturated heterocycles. The minimum atomic E-state index is -0.155. The molecule has 0 aliphatic carbocycles. The van der Waals surface area contributed by atoms with Crippen LogP contribution < -0.4 is 5.56 Å². The Morgan fingerprint density at radius 3 is 2.18 bits per heavy atom. The van der Waals surface area contributed by atoms with Crippen LogP contribution in [-0.2, 0) is 0 Å². The number of nitrogens with zero attached hydrogens (tertiary/aromatic N) is 4. The summed E-state index contributed by atoms with van der Waals surface area (Å²) in [5.74, 6) is 0. The number of aromatic amines is 1. The van der Waals surface area contributed by atoms with Crippen LogP contribution in [0.4, 0.5) is 0 Å². The van der Waals surface area contributed by atoms with E-state index in [0.717, 1.165) is 16.8 Å². The van der Waals surface area contributed by atoms with Crippen LogP contribution in [0.3, 0.4) is 0 Å². The molecule has 0 unspecified atom stereocenters. The van der Waals surface area contributed by atoms with Gasteiger partial charge in [0.25, 0.3) is 5.56 Å². The zero-order chi connectivity index (χ0) is 14.9. The summed E-state index contributed by atoms with van der Waals surface area (Å²) in [4.78, 5) is 24.8. The van der Waals surface area contributed by atoms with Crippen LogP contribution in [0.5, 0.6) is 0 Å². The van der Waals surface area contributed by atoms with Crippen molar-refractivity contribution in [2.75, 3.05) is 0 Å². The first-order valence-electron chi connectivity index (χ1n) is 6.75. The Morgan fingerprint density at radius 2 is 1.50 bits per heavy atom. The highest BCUT2D eigenvalue weighted by Gasteiger charge is 2.08. The van der Waals surface area contributed by atoms with Gasteiger partial charge in [-0.3, -0.25) is 19.9 Å². The molecule has 0 aliphatic rings. The highest BCUT2D eigenvalue weighted by atomic mass is 16.1. The fraction of sp³-hybridized carbons (Fsp3) is 0. The highest BCUT2D eigenvalue weighted by molar-refractivity contribution is 5.66. The quantitative estimate of drug-likeness (QED) is 0.613. The average molecular weight is 289 g/mol. The first-order chi connectivity index (χ1) is 10.8. The van der Waals surface area contributed by atoms with Crippen LogP contribution in [0.15, 0.2) is 66.0 Å². The van der Waals surface area contributed by atoms with Gasteiger partial charge in [-0.15, -0.1) is 0 Å². The largest absolute Gasteiger partial charge is 0.289 e. The van der Waals surface area contributed by atoms with Crippen LogP contribution in [0.2, 0.25) is 0 Å². The topological polar surface area (TPSA) is 75.9 Å². The van der Waals surface area contributed by atoms with Crippen LogP contribution in [0.1, 0.15) is 0 Å². The third-order valence-electron chi connectivity index (χ3n) is 3.42. The smallest absolute Gasteiger partial charge is 0.273 e. The van der Waals surface area contributed by atoms with E-state index < -0.39 is 0 Å². The average Bonchev–Trinajstić information content (AvgIpc) is 3.01.